The van der Waals surface area contributed by atoms with Crippen molar-refractivity contribution in [1.29, 1.82) is 0 Å². The van der Waals surface area contributed by atoms with E-state index in [1.807, 2.05) is 0 Å². The highest BCUT2D eigenvalue weighted by Gasteiger charge is 2.32. The number of benzene rings is 2. The fourth-order valence-electron chi connectivity index (χ4n) is 3.30. The first kappa shape index (κ1) is 23.6. The van der Waals surface area contributed by atoms with Gasteiger partial charge in [0.05, 0.1) is 16.5 Å². The number of halogens is 4. The molecule has 1 aliphatic heterocycles. The van der Waals surface area contributed by atoms with Crippen LogP contribution >= 0.6 is 15.9 Å². The standard InChI is InChI=1S/C20H21BrF3N3O3S/c1-14(25-31(29,30)18-7-5-16(21)6-8-18)19(28)27-11-9-26(10-12-27)17-4-2-3-15(13-17)20(22,23)24/h2-8,13-14,25H,9-12H2,1H3/t14-/m0/s1. The molecule has 0 aromatic heterocycles. The number of carbonyl (C=O) groups excluding carboxylic acids is 1. The summed E-state index contributed by atoms with van der Waals surface area (Å²) >= 11 is 3.24. The predicted octanol–water partition coefficient (Wildman–Crippen LogP) is 3.48. The van der Waals surface area contributed by atoms with E-state index in [1.54, 1.807) is 23.1 Å². The molecule has 6 nitrogen and oxygen atoms in total. The van der Waals surface area contributed by atoms with Crippen LogP contribution in [0.4, 0.5) is 18.9 Å². The third-order valence-electron chi connectivity index (χ3n) is 4.96. The van der Waals surface area contributed by atoms with Gasteiger partial charge in [0.1, 0.15) is 0 Å². The average molecular weight is 520 g/mol. The summed E-state index contributed by atoms with van der Waals surface area (Å²) in [6.07, 6.45) is -4.42. The molecule has 0 aliphatic carbocycles. The summed E-state index contributed by atoms with van der Waals surface area (Å²) in [6.45, 7) is 2.72. The maximum absolute atomic E-state index is 12.9. The molecule has 1 fully saturated rings. The van der Waals surface area contributed by atoms with Crippen LogP contribution in [0.1, 0.15) is 12.5 Å². The Morgan fingerprint density at radius 3 is 2.26 bits per heavy atom. The summed E-state index contributed by atoms with van der Waals surface area (Å²) in [7, 11) is -3.87. The van der Waals surface area contributed by atoms with Crippen molar-refractivity contribution in [3.8, 4) is 0 Å². The first-order chi connectivity index (χ1) is 14.5. The van der Waals surface area contributed by atoms with Gasteiger partial charge in [-0.1, -0.05) is 22.0 Å². The zero-order valence-corrected chi connectivity index (χ0v) is 19.0. The molecule has 0 bridgehead atoms. The number of hydrogen-bond acceptors (Lipinski definition) is 4. The Balaban J connectivity index is 1.60. The Hall–Kier alpha value is -2.11. The topological polar surface area (TPSA) is 69.7 Å². The molecule has 1 N–H and O–H groups in total. The first-order valence-corrected chi connectivity index (χ1v) is 11.7. The van der Waals surface area contributed by atoms with Gasteiger partial charge in [0.25, 0.3) is 0 Å². The predicted molar refractivity (Wildman–Crippen MR) is 114 cm³/mol. The van der Waals surface area contributed by atoms with E-state index in [2.05, 4.69) is 20.7 Å². The van der Waals surface area contributed by atoms with Gasteiger partial charge in [0.15, 0.2) is 0 Å². The molecule has 1 atom stereocenters. The van der Waals surface area contributed by atoms with Gasteiger partial charge >= 0.3 is 6.18 Å². The molecule has 0 spiro atoms. The van der Waals surface area contributed by atoms with Gasteiger partial charge in [-0.15, -0.1) is 0 Å². The molecule has 2 aromatic carbocycles. The number of rotatable bonds is 5. The van der Waals surface area contributed by atoms with Gasteiger partial charge < -0.3 is 9.80 Å². The van der Waals surface area contributed by atoms with E-state index in [4.69, 9.17) is 0 Å². The smallest absolute Gasteiger partial charge is 0.368 e. The van der Waals surface area contributed by atoms with Gasteiger partial charge in [0, 0.05) is 36.3 Å². The second kappa shape index (κ2) is 9.17. The lowest BCUT2D eigenvalue weighted by Crippen LogP contribution is -2.54. The van der Waals surface area contributed by atoms with Crippen molar-refractivity contribution >= 4 is 37.5 Å². The van der Waals surface area contributed by atoms with Crippen LogP contribution in [0.5, 0.6) is 0 Å². The third-order valence-corrected chi connectivity index (χ3v) is 7.04. The Bertz CT molecular complexity index is 1040. The molecule has 2 aromatic rings. The van der Waals surface area contributed by atoms with Crippen LogP contribution in [-0.2, 0) is 21.0 Å². The normalized spacial score (nSPS) is 16.3. The number of piperazine rings is 1. The Morgan fingerprint density at radius 1 is 1.06 bits per heavy atom. The summed E-state index contributed by atoms with van der Waals surface area (Å²) < 4.78 is 66.9. The van der Waals surface area contributed by atoms with Gasteiger partial charge in [0.2, 0.25) is 15.9 Å². The fourth-order valence-corrected chi connectivity index (χ4v) is 4.76. The van der Waals surface area contributed by atoms with Crippen molar-refractivity contribution in [3.63, 3.8) is 0 Å². The number of nitrogens with zero attached hydrogens (tertiary/aromatic N) is 2. The van der Waals surface area contributed by atoms with Crippen molar-refractivity contribution in [3.05, 3.63) is 58.6 Å². The van der Waals surface area contributed by atoms with E-state index in [0.29, 0.717) is 18.8 Å². The van der Waals surface area contributed by atoms with Crippen molar-refractivity contribution in [1.82, 2.24) is 9.62 Å². The summed E-state index contributed by atoms with van der Waals surface area (Å²) in [4.78, 5) is 16.0. The summed E-state index contributed by atoms with van der Waals surface area (Å²) in [5, 5.41) is 0. The van der Waals surface area contributed by atoms with Gasteiger partial charge in [-0.3, -0.25) is 4.79 Å². The summed E-state index contributed by atoms with van der Waals surface area (Å²) in [6, 6.07) is 10.1. The van der Waals surface area contributed by atoms with Gasteiger partial charge in [-0.25, -0.2) is 8.42 Å². The van der Waals surface area contributed by atoms with Crippen molar-refractivity contribution < 1.29 is 26.4 Å². The number of sulfonamides is 1. The molecule has 3 rings (SSSR count). The monoisotopic (exact) mass is 519 g/mol. The van der Waals surface area contributed by atoms with Crippen molar-refractivity contribution in [2.45, 2.75) is 24.0 Å². The number of hydrogen-bond donors (Lipinski definition) is 1. The fraction of sp³-hybridized carbons (Fsp3) is 0.350. The van der Waals surface area contributed by atoms with Gasteiger partial charge in [-0.2, -0.15) is 17.9 Å². The van der Waals surface area contributed by atoms with Crippen LogP contribution in [0, 0.1) is 0 Å². The molecule has 0 radical (unpaired) electrons. The molecule has 31 heavy (non-hydrogen) atoms. The second-order valence-corrected chi connectivity index (χ2v) is 9.79. The molecular formula is C20H21BrF3N3O3S. The van der Waals surface area contributed by atoms with E-state index in [0.717, 1.165) is 16.6 Å². The maximum atomic E-state index is 12.9. The number of carbonyl (C=O) groups is 1. The Morgan fingerprint density at radius 2 is 1.68 bits per heavy atom. The largest absolute Gasteiger partial charge is 0.416 e. The van der Waals surface area contributed by atoms with Crippen molar-refractivity contribution in [2.75, 3.05) is 31.1 Å². The zero-order valence-electron chi connectivity index (χ0n) is 16.6. The molecule has 0 unspecified atom stereocenters. The van der Waals surface area contributed by atoms with E-state index >= 15 is 0 Å². The Kier molecular flexibility index (Phi) is 6.97. The van der Waals surface area contributed by atoms with Crippen molar-refractivity contribution in [2.24, 2.45) is 0 Å². The minimum absolute atomic E-state index is 0.0460. The highest BCUT2D eigenvalue weighted by Crippen LogP contribution is 2.31. The van der Waals surface area contributed by atoms with Crippen LogP contribution < -0.4 is 9.62 Å². The first-order valence-electron chi connectivity index (χ1n) is 9.46. The molecule has 1 heterocycles. The zero-order chi connectivity index (χ0) is 22.8. The van der Waals surface area contributed by atoms with Crippen LogP contribution in [0.2, 0.25) is 0 Å². The molecule has 168 valence electrons. The molecule has 1 saturated heterocycles. The van der Waals surface area contributed by atoms with Gasteiger partial charge in [-0.05, 0) is 49.4 Å². The minimum atomic E-state index is -4.42. The lowest BCUT2D eigenvalue weighted by molar-refractivity contribution is -0.137. The Labute approximate surface area is 187 Å². The number of alkyl halides is 3. The molecular weight excluding hydrogens is 499 g/mol. The maximum Gasteiger partial charge on any atom is 0.416 e. The van der Waals surface area contributed by atoms with Crippen LogP contribution in [-0.4, -0.2) is 51.4 Å². The van der Waals surface area contributed by atoms with Crippen LogP contribution in [0.3, 0.4) is 0 Å². The lowest BCUT2D eigenvalue weighted by Gasteiger charge is -2.37. The van der Waals surface area contributed by atoms with E-state index in [-0.39, 0.29) is 23.9 Å². The summed E-state index contributed by atoms with van der Waals surface area (Å²) in [5.41, 5.74) is -0.287. The number of nitrogens with one attached hydrogen (secondary N) is 1. The molecule has 1 amide bonds. The second-order valence-electron chi connectivity index (χ2n) is 7.16. The molecule has 0 saturated carbocycles. The van der Waals surface area contributed by atoms with E-state index in [1.165, 1.54) is 30.0 Å². The van der Waals surface area contributed by atoms with E-state index < -0.39 is 27.8 Å². The van der Waals surface area contributed by atoms with Crippen LogP contribution in [0.15, 0.2) is 57.9 Å². The number of anilines is 1. The third kappa shape index (κ3) is 5.78. The quantitative estimate of drug-likeness (QED) is 0.656. The number of amides is 1. The lowest BCUT2D eigenvalue weighted by atomic mass is 10.1. The highest BCUT2D eigenvalue weighted by atomic mass is 79.9. The van der Waals surface area contributed by atoms with Crippen LogP contribution in [0.25, 0.3) is 0 Å². The summed E-state index contributed by atoms with van der Waals surface area (Å²) in [5.74, 6) is -0.385. The molecule has 11 heteroatoms. The minimum Gasteiger partial charge on any atom is -0.368 e. The average Bonchev–Trinajstić information content (AvgIpc) is 2.73. The SMILES string of the molecule is C[C@H](NS(=O)(=O)c1ccc(Br)cc1)C(=O)N1CCN(c2cccc(C(F)(F)F)c2)CC1. The highest BCUT2D eigenvalue weighted by molar-refractivity contribution is 9.10. The van der Waals surface area contributed by atoms with E-state index in [9.17, 15) is 26.4 Å². The molecule has 1 aliphatic rings.